The number of hydrogen-bond donors (Lipinski definition) is 1. The van der Waals surface area contributed by atoms with Crippen molar-refractivity contribution in [3.05, 3.63) is 54.8 Å². The van der Waals surface area contributed by atoms with E-state index in [1.807, 2.05) is 12.1 Å². The molecule has 1 aromatic heterocycles. The summed E-state index contributed by atoms with van der Waals surface area (Å²) in [6.07, 6.45) is 1.83. The lowest BCUT2D eigenvalue weighted by molar-refractivity contribution is 0.499. The van der Waals surface area contributed by atoms with E-state index in [1.54, 1.807) is 11.3 Å². The van der Waals surface area contributed by atoms with E-state index in [0.29, 0.717) is 0 Å². The summed E-state index contributed by atoms with van der Waals surface area (Å²) in [4.78, 5) is 1.24. The maximum atomic E-state index is 14.2. The van der Waals surface area contributed by atoms with E-state index in [1.165, 1.54) is 10.9 Å². The third-order valence-electron chi connectivity index (χ3n) is 3.01. The highest BCUT2D eigenvalue weighted by Gasteiger charge is 2.17. The number of benzene rings is 1. The Bertz CT molecular complexity index is 571. The Balaban J connectivity index is 2.22. The Morgan fingerprint density at radius 2 is 2.05 bits per heavy atom. The Labute approximate surface area is 139 Å². The molecule has 0 aliphatic heterocycles. The molecule has 0 spiro atoms. The van der Waals surface area contributed by atoms with Crippen molar-refractivity contribution in [2.24, 2.45) is 0 Å². The summed E-state index contributed by atoms with van der Waals surface area (Å²) in [5.41, 5.74) is 0.728. The van der Waals surface area contributed by atoms with Gasteiger partial charge in [-0.25, -0.2) is 4.39 Å². The Morgan fingerprint density at radius 1 is 1.25 bits per heavy atom. The van der Waals surface area contributed by atoms with Crippen LogP contribution in [0.4, 0.5) is 4.39 Å². The standard InChI is InChI=1S/C15H16Br2FNS/c1-2-5-19-15(8-12-6-11(17)9-20-12)13-4-3-10(16)7-14(13)18/h3-4,6-7,9,15,19H,2,5,8H2,1H3. The van der Waals surface area contributed by atoms with Crippen molar-refractivity contribution in [1.29, 1.82) is 0 Å². The summed E-state index contributed by atoms with van der Waals surface area (Å²) in [7, 11) is 0. The molecular weight excluding hydrogens is 405 g/mol. The fraction of sp³-hybridized carbons (Fsp3) is 0.333. The van der Waals surface area contributed by atoms with E-state index in [2.05, 4.69) is 55.5 Å². The highest BCUT2D eigenvalue weighted by molar-refractivity contribution is 9.10. The molecule has 1 atom stereocenters. The molecular formula is C15H16Br2FNS. The predicted molar refractivity (Wildman–Crippen MR) is 90.9 cm³/mol. The molecule has 20 heavy (non-hydrogen) atoms. The first-order valence-electron chi connectivity index (χ1n) is 6.51. The Morgan fingerprint density at radius 3 is 2.65 bits per heavy atom. The van der Waals surface area contributed by atoms with E-state index in [0.717, 1.165) is 33.9 Å². The average molecular weight is 421 g/mol. The zero-order valence-corrected chi connectivity index (χ0v) is 15.1. The van der Waals surface area contributed by atoms with Gasteiger partial charge in [0, 0.05) is 37.2 Å². The molecule has 0 aliphatic rings. The molecule has 1 heterocycles. The van der Waals surface area contributed by atoms with Crippen LogP contribution in [0.15, 0.2) is 38.6 Å². The van der Waals surface area contributed by atoms with Crippen molar-refractivity contribution < 1.29 is 4.39 Å². The van der Waals surface area contributed by atoms with Crippen LogP contribution in [0.25, 0.3) is 0 Å². The molecule has 0 fully saturated rings. The van der Waals surface area contributed by atoms with Gasteiger partial charge >= 0.3 is 0 Å². The number of rotatable bonds is 6. The monoisotopic (exact) mass is 419 g/mol. The van der Waals surface area contributed by atoms with E-state index >= 15 is 0 Å². The zero-order chi connectivity index (χ0) is 14.5. The summed E-state index contributed by atoms with van der Waals surface area (Å²) in [5.74, 6) is -0.163. The van der Waals surface area contributed by atoms with Crippen molar-refractivity contribution in [1.82, 2.24) is 5.32 Å². The normalized spacial score (nSPS) is 12.6. The van der Waals surface area contributed by atoms with E-state index in [9.17, 15) is 4.39 Å². The summed E-state index contributed by atoms with van der Waals surface area (Å²) in [6, 6.07) is 7.38. The van der Waals surface area contributed by atoms with Gasteiger partial charge in [0.05, 0.1) is 0 Å². The average Bonchev–Trinajstić information content (AvgIpc) is 2.80. The second kappa shape index (κ2) is 7.69. The zero-order valence-electron chi connectivity index (χ0n) is 11.1. The molecule has 0 aliphatic carbocycles. The van der Waals surface area contributed by atoms with Gasteiger partial charge in [0.25, 0.3) is 0 Å². The lowest BCUT2D eigenvalue weighted by Gasteiger charge is -2.19. The van der Waals surface area contributed by atoms with E-state index in [4.69, 9.17) is 0 Å². The molecule has 0 radical (unpaired) electrons. The third kappa shape index (κ3) is 4.38. The highest BCUT2D eigenvalue weighted by Crippen LogP contribution is 2.28. The third-order valence-corrected chi connectivity index (χ3v) is 5.22. The fourth-order valence-electron chi connectivity index (χ4n) is 2.06. The van der Waals surface area contributed by atoms with Gasteiger partial charge in [0.15, 0.2) is 0 Å². The van der Waals surface area contributed by atoms with Crippen LogP contribution in [0.5, 0.6) is 0 Å². The second-order valence-electron chi connectivity index (χ2n) is 4.61. The first-order valence-corrected chi connectivity index (χ1v) is 8.98. The van der Waals surface area contributed by atoms with Crippen LogP contribution in [0.1, 0.15) is 29.8 Å². The maximum absolute atomic E-state index is 14.2. The van der Waals surface area contributed by atoms with Crippen LogP contribution < -0.4 is 5.32 Å². The molecule has 108 valence electrons. The highest BCUT2D eigenvalue weighted by atomic mass is 79.9. The molecule has 2 rings (SSSR count). The van der Waals surface area contributed by atoms with Crippen LogP contribution in [0, 0.1) is 5.82 Å². The summed E-state index contributed by atoms with van der Waals surface area (Å²) in [6.45, 7) is 3.00. The quantitative estimate of drug-likeness (QED) is 0.632. The Hall–Kier alpha value is -0.230. The molecule has 0 bridgehead atoms. The van der Waals surface area contributed by atoms with Crippen LogP contribution in [0.3, 0.4) is 0 Å². The number of hydrogen-bond acceptors (Lipinski definition) is 2. The van der Waals surface area contributed by atoms with Crippen LogP contribution >= 0.6 is 43.2 Å². The first kappa shape index (κ1) is 16.1. The van der Waals surface area contributed by atoms with Crippen molar-refractivity contribution in [2.75, 3.05) is 6.54 Å². The minimum absolute atomic E-state index is 0.00796. The molecule has 1 aromatic carbocycles. The van der Waals surface area contributed by atoms with Crippen molar-refractivity contribution in [3.8, 4) is 0 Å². The summed E-state index contributed by atoms with van der Waals surface area (Å²) in [5, 5.41) is 5.50. The van der Waals surface area contributed by atoms with Gasteiger partial charge in [-0.15, -0.1) is 11.3 Å². The lowest BCUT2D eigenvalue weighted by atomic mass is 10.0. The van der Waals surface area contributed by atoms with Crippen molar-refractivity contribution >= 4 is 43.2 Å². The predicted octanol–water partition coefficient (Wildman–Crippen LogP) is 5.70. The maximum Gasteiger partial charge on any atom is 0.129 e. The Kier molecular flexibility index (Phi) is 6.20. The van der Waals surface area contributed by atoms with E-state index < -0.39 is 0 Å². The molecule has 2 aromatic rings. The second-order valence-corrected chi connectivity index (χ2v) is 7.44. The SMILES string of the molecule is CCCNC(Cc1cc(Br)cs1)c1ccc(Br)cc1F. The first-order chi connectivity index (χ1) is 9.60. The van der Waals surface area contributed by atoms with Crippen LogP contribution in [0.2, 0.25) is 0 Å². The topological polar surface area (TPSA) is 12.0 Å². The van der Waals surface area contributed by atoms with Gasteiger partial charge in [-0.3, -0.25) is 0 Å². The van der Waals surface area contributed by atoms with Crippen molar-refractivity contribution in [2.45, 2.75) is 25.8 Å². The van der Waals surface area contributed by atoms with Crippen molar-refractivity contribution in [3.63, 3.8) is 0 Å². The molecule has 0 amide bonds. The molecule has 1 unspecified atom stereocenters. The van der Waals surface area contributed by atoms with Gasteiger partial charge in [0.2, 0.25) is 0 Å². The molecule has 5 heteroatoms. The smallest absolute Gasteiger partial charge is 0.129 e. The van der Waals surface area contributed by atoms with Gasteiger partial charge in [0.1, 0.15) is 5.82 Å². The molecule has 0 saturated heterocycles. The molecule has 1 N–H and O–H groups in total. The minimum Gasteiger partial charge on any atom is -0.310 e. The van der Waals surface area contributed by atoms with Crippen LogP contribution in [-0.2, 0) is 6.42 Å². The number of nitrogens with one attached hydrogen (secondary N) is 1. The largest absolute Gasteiger partial charge is 0.310 e. The molecule has 1 nitrogen and oxygen atoms in total. The van der Waals surface area contributed by atoms with E-state index in [-0.39, 0.29) is 11.9 Å². The van der Waals surface area contributed by atoms with Crippen LogP contribution in [-0.4, -0.2) is 6.54 Å². The summed E-state index contributed by atoms with van der Waals surface area (Å²) >= 11 is 8.46. The summed E-state index contributed by atoms with van der Waals surface area (Å²) < 4.78 is 16.0. The fourth-order valence-corrected chi connectivity index (χ4v) is 3.89. The minimum atomic E-state index is -0.163. The van der Waals surface area contributed by atoms with Gasteiger partial charge in [-0.2, -0.15) is 0 Å². The van der Waals surface area contributed by atoms with Gasteiger partial charge < -0.3 is 5.32 Å². The van der Waals surface area contributed by atoms with Gasteiger partial charge in [-0.05, 0) is 47.1 Å². The van der Waals surface area contributed by atoms with Gasteiger partial charge in [-0.1, -0.05) is 28.9 Å². The lowest BCUT2D eigenvalue weighted by Crippen LogP contribution is -2.24. The molecule has 0 saturated carbocycles. The number of halogens is 3. The number of thiophene rings is 1.